The van der Waals surface area contributed by atoms with Gasteiger partial charge in [0, 0.05) is 23.1 Å². The van der Waals surface area contributed by atoms with Crippen molar-refractivity contribution in [2.75, 3.05) is 5.32 Å². The summed E-state index contributed by atoms with van der Waals surface area (Å²) in [6.45, 7) is 1.90. The first-order chi connectivity index (χ1) is 12.1. The number of anilines is 1. The van der Waals surface area contributed by atoms with E-state index in [9.17, 15) is 9.59 Å². The van der Waals surface area contributed by atoms with Gasteiger partial charge < -0.3 is 15.6 Å². The van der Waals surface area contributed by atoms with Gasteiger partial charge in [-0.15, -0.1) is 0 Å². The van der Waals surface area contributed by atoms with Crippen LogP contribution in [0.3, 0.4) is 0 Å². The number of carbonyl (C=O) groups excluding carboxylic acids is 2. The number of nitrogens with one attached hydrogen (secondary N) is 3. The molecule has 0 unspecified atom stereocenters. The molecule has 0 saturated carbocycles. The second-order valence-electron chi connectivity index (χ2n) is 6.10. The third kappa shape index (κ3) is 4.26. The number of carbonyl (C=O) groups is 2. The number of aromatic amines is 1. The van der Waals surface area contributed by atoms with E-state index in [0.717, 1.165) is 23.7 Å². The van der Waals surface area contributed by atoms with Gasteiger partial charge in [-0.25, -0.2) is 0 Å². The van der Waals surface area contributed by atoms with Crippen LogP contribution < -0.4 is 10.6 Å². The Kier molecular flexibility index (Phi) is 5.14. The Balaban J connectivity index is 1.53. The average molecular weight is 335 g/mol. The van der Waals surface area contributed by atoms with Crippen LogP contribution in [-0.2, 0) is 16.0 Å². The van der Waals surface area contributed by atoms with Crippen LogP contribution in [0.5, 0.6) is 0 Å². The maximum atomic E-state index is 12.2. The molecule has 0 radical (unpaired) electrons. The van der Waals surface area contributed by atoms with Crippen molar-refractivity contribution in [2.24, 2.45) is 0 Å². The molecule has 0 aliphatic rings. The van der Waals surface area contributed by atoms with Gasteiger partial charge in [-0.05, 0) is 43.5 Å². The Morgan fingerprint density at radius 2 is 1.80 bits per heavy atom. The Labute approximate surface area is 146 Å². The van der Waals surface area contributed by atoms with Gasteiger partial charge in [-0.1, -0.05) is 36.4 Å². The van der Waals surface area contributed by atoms with E-state index in [-0.39, 0.29) is 6.04 Å². The number of benzene rings is 2. The zero-order valence-electron chi connectivity index (χ0n) is 14.1. The van der Waals surface area contributed by atoms with Crippen LogP contribution in [0.2, 0.25) is 0 Å². The van der Waals surface area contributed by atoms with Crippen LogP contribution in [0.15, 0.2) is 60.8 Å². The smallest absolute Gasteiger partial charge is 0.313 e. The minimum Gasteiger partial charge on any atom is -0.361 e. The van der Waals surface area contributed by atoms with Crippen molar-refractivity contribution in [3.63, 3.8) is 0 Å². The summed E-state index contributed by atoms with van der Waals surface area (Å²) in [6.07, 6.45) is 3.43. The van der Waals surface area contributed by atoms with E-state index < -0.39 is 11.8 Å². The molecule has 0 fully saturated rings. The zero-order chi connectivity index (χ0) is 17.6. The van der Waals surface area contributed by atoms with Crippen LogP contribution in [0.4, 0.5) is 5.69 Å². The Bertz CT molecular complexity index is 871. The summed E-state index contributed by atoms with van der Waals surface area (Å²) in [5.74, 6) is -1.27. The normalized spacial score (nSPS) is 11.9. The number of fused-ring (bicyclic) bond motifs is 1. The third-order valence-corrected chi connectivity index (χ3v) is 4.14. The van der Waals surface area contributed by atoms with Crippen LogP contribution >= 0.6 is 0 Å². The fourth-order valence-corrected chi connectivity index (χ4v) is 2.76. The number of aryl methyl sites for hydroxylation is 1. The van der Waals surface area contributed by atoms with E-state index in [1.165, 1.54) is 5.56 Å². The quantitative estimate of drug-likeness (QED) is 0.626. The van der Waals surface area contributed by atoms with E-state index in [2.05, 4.69) is 27.8 Å². The van der Waals surface area contributed by atoms with Gasteiger partial charge in [0.1, 0.15) is 0 Å². The number of aromatic nitrogens is 1. The maximum Gasteiger partial charge on any atom is 0.313 e. The molecule has 5 heteroatoms. The molecule has 25 heavy (non-hydrogen) atoms. The molecule has 3 rings (SSSR count). The molecular formula is C20H21N3O2. The molecule has 128 valence electrons. The lowest BCUT2D eigenvalue weighted by Crippen LogP contribution is -2.40. The van der Waals surface area contributed by atoms with Gasteiger partial charge in [0.05, 0.1) is 5.69 Å². The van der Waals surface area contributed by atoms with Crippen molar-refractivity contribution in [1.82, 2.24) is 10.3 Å². The first-order valence-corrected chi connectivity index (χ1v) is 8.35. The molecule has 0 spiro atoms. The Hall–Kier alpha value is -3.08. The van der Waals surface area contributed by atoms with E-state index in [1.807, 2.05) is 43.3 Å². The van der Waals surface area contributed by atoms with Crippen LogP contribution in [-0.4, -0.2) is 22.8 Å². The molecule has 1 atom stereocenters. The first kappa shape index (κ1) is 16.8. The summed E-state index contributed by atoms with van der Waals surface area (Å²) in [5.41, 5.74) is 2.75. The van der Waals surface area contributed by atoms with E-state index in [0.29, 0.717) is 5.69 Å². The lowest BCUT2D eigenvalue weighted by molar-refractivity contribution is -0.136. The number of amides is 2. The van der Waals surface area contributed by atoms with Crippen molar-refractivity contribution < 1.29 is 9.59 Å². The van der Waals surface area contributed by atoms with Crippen molar-refractivity contribution in [3.05, 3.63) is 66.4 Å². The van der Waals surface area contributed by atoms with Gasteiger partial charge in [-0.3, -0.25) is 9.59 Å². The number of rotatable bonds is 5. The predicted octanol–water partition coefficient (Wildman–Crippen LogP) is 3.24. The molecule has 1 aromatic heterocycles. The van der Waals surface area contributed by atoms with Gasteiger partial charge >= 0.3 is 11.8 Å². The molecule has 0 bridgehead atoms. The zero-order valence-corrected chi connectivity index (χ0v) is 14.1. The largest absolute Gasteiger partial charge is 0.361 e. The second kappa shape index (κ2) is 7.66. The van der Waals surface area contributed by atoms with E-state index >= 15 is 0 Å². The molecule has 0 aliphatic carbocycles. The molecule has 1 heterocycles. The molecule has 2 amide bonds. The fourth-order valence-electron chi connectivity index (χ4n) is 2.76. The fraction of sp³-hybridized carbons (Fsp3) is 0.200. The standard InChI is InChI=1S/C20H21N3O2/c1-14(10-11-15-6-3-2-4-7-15)22-19(24)20(25)23-18-9-5-8-17-16(18)12-13-21-17/h2-9,12-14,21H,10-11H2,1H3,(H,22,24)(H,23,25)/t14-/m0/s1. The highest BCUT2D eigenvalue weighted by atomic mass is 16.2. The third-order valence-electron chi connectivity index (χ3n) is 4.14. The summed E-state index contributed by atoms with van der Waals surface area (Å²) >= 11 is 0. The minimum absolute atomic E-state index is 0.0819. The van der Waals surface area contributed by atoms with Gasteiger partial charge in [0.2, 0.25) is 0 Å². The van der Waals surface area contributed by atoms with E-state index in [1.54, 1.807) is 12.3 Å². The number of hydrogen-bond acceptors (Lipinski definition) is 2. The monoisotopic (exact) mass is 335 g/mol. The SMILES string of the molecule is C[C@@H](CCc1ccccc1)NC(=O)C(=O)Nc1cccc2[nH]ccc12. The molecular weight excluding hydrogens is 314 g/mol. The van der Waals surface area contributed by atoms with Crippen LogP contribution in [0.25, 0.3) is 10.9 Å². The summed E-state index contributed by atoms with van der Waals surface area (Å²) in [7, 11) is 0. The number of hydrogen-bond donors (Lipinski definition) is 3. The molecule has 5 nitrogen and oxygen atoms in total. The van der Waals surface area contributed by atoms with Crippen molar-refractivity contribution in [3.8, 4) is 0 Å². The highest BCUT2D eigenvalue weighted by Gasteiger charge is 2.17. The predicted molar refractivity (Wildman–Crippen MR) is 99.3 cm³/mol. The highest BCUT2D eigenvalue weighted by Crippen LogP contribution is 2.21. The van der Waals surface area contributed by atoms with Crippen molar-refractivity contribution in [1.29, 1.82) is 0 Å². The topological polar surface area (TPSA) is 74.0 Å². The molecule has 3 aromatic rings. The molecule has 2 aromatic carbocycles. The van der Waals surface area contributed by atoms with Gasteiger partial charge in [-0.2, -0.15) is 0 Å². The minimum atomic E-state index is -0.653. The van der Waals surface area contributed by atoms with Crippen molar-refractivity contribution in [2.45, 2.75) is 25.8 Å². The van der Waals surface area contributed by atoms with Crippen molar-refractivity contribution >= 4 is 28.4 Å². The molecule has 0 saturated heterocycles. The lowest BCUT2D eigenvalue weighted by atomic mass is 10.1. The second-order valence-corrected chi connectivity index (χ2v) is 6.10. The Morgan fingerprint density at radius 3 is 2.60 bits per heavy atom. The first-order valence-electron chi connectivity index (χ1n) is 8.35. The summed E-state index contributed by atoms with van der Waals surface area (Å²) < 4.78 is 0. The summed E-state index contributed by atoms with van der Waals surface area (Å²) in [6, 6.07) is 17.4. The highest BCUT2D eigenvalue weighted by molar-refractivity contribution is 6.40. The van der Waals surface area contributed by atoms with Gasteiger partial charge in [0.15, 0.2) is 0 Å². The van der Waals surface area contributed by atoms with Crippen LogP contribution in [0, 0.1) is 0 Å². The molecule has 0 aliphatic heterocycles. The molecule has 3 N–H and O–H groups in total. The van der Waals surface area contributed by atoms with Crippen LogP contribution in [0.1, 0.15) is 18.9 Å². The summed E-state index contributed by atoms with van der Waals surface area (Å²) in [4.78, 5) is 27.3. The maximum absolute atomic E-state index is 12.2. The van der Waals surface area contributed by atoms with E-state index in [4.69, 9.17) is 0 Å². The summed E-state index contributed by atoms with van der Waals surface area (Å²) in [5, 5.41) is 6.31. The number of H-pyrrole nitrogens is 1. The Morgan fingerprint density at radius 1 is 1.00 bits per heavy atom. The lowest BCUT2D eigenvalue weighted by Gasteiger charge is -2.14. The average Bonchev–Trinajstić information content (AvgIpc) is 3.10. The van der Waals surface area contributed by atoms with Gasteiger partial charge in [0.25, 0.3) is 0 Å².